The molecule has 0 bridgehead atoms. The van der Waals surface area contributed by atoms with Crippen LogP contribution in [0, 0.1) is 12.7 Å². The van der Waals surface area contributed by atoms with Crippen molar-refractivity contribution in [1.82, 2.24) is 0 Å². The summed E-state index contributed by atoms with van der Waals surface area (Å²) in [6.07, 6.45) is 2.26. The van der Waals surface area contributed by atoms with E-state index in [0.29, 0.717) is 0 Å². The molecule has 0 aliphatic carbocycles. The van der Waals surface area contributed by atoms with Gasteiger partial charge in [-0.1, -0.05) is 27.2 Å². The van der Waals surface area contributed by atoms with Gasteiger partial charge in [-0.25, -0.2) is 4.39 Å². The monoisotopic (exact) mass is 200 g/mol. The van der Waals surface area contributed by atoms with Crippen LogP contribution in [0.4, 0.5) is 4.39 Å². The Bertz CT molecular complexity index is 286. The number of rotatable bonds is 3. The van der Waals surface area contributed by atoms with Crippen molar-refractivity contribution in [2.45, 2.75) is 46.0 Å². The Labute approximate surface area is 83.8 Å². The molecule has 2 heteroatoms. The molecule has 0 saturated carbocycles. The van der Waals surface area contributed by atoms with Gasteiger partial charge >= 0.3 is 0 Å². The summed E-state index contributed by atoms with van der Waals surface area (Å²) < 4.78 is 13.1. The van der Waals surface area contributed by atoms with Crippen molar-refractivity contribution in [3.05, 3.63) is 21.6 Å². The van der Waals surface area contributed by atoms with Crippen LogP contribution in [0.2, 0.25) is 0 Å². The highest BCUT2D eigenvalue weighted by atomic mass is 32.1. The molecule has 0 aromatic carbocycles. The van der Waals surface area contributed by atoms with Crippen LogP contribution in [-0.2, 0) is 5.41 Å². The summed E-state index contributed by atoms with van der Waals surface area (Å²) in [6.45, 7) is 8.42. The van der Waals surface area contributed by atoms with Crippen LogP contribution in [0.1, 0.15) is 44.1 Å². The molecule has 1 rings (SSSR count). The van der Waals surface area contributed by atoms with Crippen molar-refractivity contribution in [1.29, 1.82) is 0 Å². The molecule has 0 saturated heterocycles. The fourth-order valence-corrected chi connectivity index (χ4v) is 2.89. The lowest BCUT2D eigenvalue weighted by Crippen LogP contribution is -2.16. The zero-order chi connectivity index (χ0) is 10.1. The molecule has 13 heavy (non-hydrogen) atoms. The molecule has 1 aromatic heterocycles. The fourth-order valence-electron chi connectivity index (χ4n) is 1.80. The van der Waals surface area contributed by atoms with Crippen molar-refractivity contribution < 1.29 is 4.39 Å². The first-order chi connectivity index (χ1) is 5.99. The predicted octanol–water partition coefficient (Wildman–Crippen LogP) is 4.27. The second kappa shape index (κ2) is 3.79. The molecule has 0 N–H and O–H groups in total. The Balaban J connectivity index is 2.99. The fraction of sp³-hybridized carbons (Fsp3) is 0.636. The third-order valence-electron chi connectivity index (χ3n) is 2.47. The van der Waals surface area contributed by atoms with Gasteiger partial charge in [0.1, 0.15) is 5.82 Å². The first kappa shape index (κ1) is 10.7. The third-order valence-corrected chi connectivity index (χ3v) is 3.89. The van der Waals surface area contributed by atoms with Gasteiger partial charge in [-0.15, -0.1) is 11.3 Å². The van der Waals surface area contributed by atoms with Gasteiger partial charge in [0.25, 0.3) is 0 Å². The molecule has 0 aliphatic heterocycles. The molecule has 0 unspecified atom stereocenters. The van der Waals surface area contributed by atoms with E-state index in [0.717, 1.165) is 18.4 Å². The van der Waals surface area contributed by atoms with Crippen LogP contribution in [-0.4, -0.2) is 0 Å². The van der Waals surface area contributed by atoms with E-state index < -0.39 is 0 Å². The Hall–Kier alpha value is -0.370. The van der Waals surface area contributed by atoms with Gasteiger partial charge < -0.3 is 0 Å². The number of halogens is 1. The number of hydrogen-bond acceptors (Lipinski definition) is 1. The van der Waals surface area contributed by atoms with Crippen LogP contribution in [0.15, 0.2) is 5.38 Å². The first-order valence-corrected chi connectivity index (χ1v) is 5.61. The van der Waals surface area contributed by atoms with Crippen molar-refractivity contribution in [3.8, 4) is 0 Å². The SMILES string of the molecule is CCCC(C)(C)c1scc(F)c1C. The summed E-state index contributed by atoms with van der Waals surface area (Å²) in [5, 5.41) is 1.61. The quantitative estimate of drug-likeness (QED) is 0.683. The lowest BCUT2D eigenvalue weighted by atomic mass is 9.85. The Morgan fingerprint density at radius 1 is 1.46 bits per heavy atom. The maximum Gasteiger partial charge on any atom is 0.137 e. The van der Waals surface area contributed by atoms with E-state index in [1.807, 2.05) is 6.92 Å². The maximum atomic E-state index is 13.1. The Kier molecular flexibility index (Phi) is 3.12. The summed E-state index contributed by atoms with van der Waals surface area (Å²) in [5.41, 5.74) is 0.969. The molecule has 0 atom stereocenters. The lowest BCUT2D eigenvalue weighted by molar-refractivity contribution is 0.477. The van der Waals surface area contributed by atoms with Crippen LogP contribution in [0.3, 0.4) is 0 Å². The first-order valence-electron chi connectivity index (χ1n) is 4.73. The minimum atomic E-state index is -0.0517. The van der Waals surface area contributed by atoms with Gasteiger partial charge in [0.05, 0.1) is 0 Å². The maximum absolute atomic E-state index is 13.1. The minimum Gasteiger partial charge on any atom is -0.206 e. The highest BCUT2D eigenvalue weighted by Gasteiger charge is 2.24. The third kappa shape index (κ3) is 2.11. The number of thiophene rings is 1. The molecular weight excluding hydrogens is 183 g/mol. The molecule has 1 heterocycles. The zero-order valence-corrected chi connectivity index (χ0v) is 9.59. The van der Waals surface area contributed by atoms with Gasteiger partial charge in [0.2, 0.25) is 0 Å². The summed E-state index contributed by atoms with van der Waals surface area (Å²) in [5.74, 6) is -0.0517. The molecule has 0 nitrogen and oxygen atoms in total. The topological polar surface area (TPSA) is 0 Å². The van der Waals surface area contributed by atoms with Crippen molar-refractivity contribution in [3.63, 3.8) is 0 Å². The van der Waals surface area contributed by atoms with Crippen LogP contribution >= 0.6 is 11.3 Å². The van der Waals surface area contributed by atoms with E-state index in [1.54, 1.807) is 16.7 Å². The van der Waals surface area contributed by atoms with Crippen LogP contribution in [0.25, 0.3) is 0 Å². The van der Waals surface area contributed by atoms with Gasteiger partial charge in [-0.3, -0.25) is 0 Å². The molecule has 0 aliphatic rings. The Morgan fingerprint density at radius 2 is 2.08 bits per heavy atom. The van der Waals surface area contributed by atoms with Crippen LogP contribution in [0.5, 0.6) is 0 Å². The molecule has 0 amide bonds. The molecule has 74 valence electrons. The zero-order valence-electron chi connectivity index (χ0n) is 8.78. The summed E-state index contributed by atoms with van der Waals surface area (Å²) >= 11 is 1.55. The van der Waals surface area contributed by atoms with E-state index >= 15 is 0 Å². The normalized spacial score (nSPS) is 12.1. The van der Waals surface area contributed by atoms with E-state index in [1.165, 1.54) is 4.88 Å². The van der Waals surface area contributed by atoms with Crippen LogP contribution < -0.4 is 0 Å². The van der Waals surface area contributed by atoms with Gasteiger partial charge in [-0.05, 0) is 24.3 Å². The predicted molar refractivity (Wildman–Crippen MR) is 56.9 cm³/mol. The second-order valence-electron chi connectivity index (χ2n) is 4.17. The minimum absolute atomic E-state index is 0.0517. The summed E-state index contributed by atoms with van der Waals surface area (Å²) in [7, 11) is 0. The standard InChI is InChI=1S/C11H17FS/c1-5-6-11(3,4)10-8(2)9(12)7-13-10/h7H,5-6H2,1-4H3. The molecule has 0 spiro atoms. The summed E-state index contributed by atoms with van der Waals surface area (Å²) in [6, 6.07) is 0. The van der Waals surface area contributed by atoms with E-state index in [4.69, 9.17) is 0 Å². The van der Waals surface area contributed by atoms with E-state index in [-0.39, 0.29) is 11.2 Å². The highest BCUT2D eigenvalue weighted by molar-refractivity contribution is 7.10. The van der Waals surface area contributed by atoms with Crippen molar-refractivity contribution >= 4 is 11.3 Å². The summed E-state index contributed by atoms with van der Waals surface area (Å²) in [4.78, 5) is 1.20. The largest absolute Gasteiger partial charge is 0.206 e. The lowest BCUT2D eigenvalue weighted by Gasteiger charge is -2.23. The Morgan fingerprint density at radius 3 is 2.46 bits per heavy atom. The second-order valence-corrected chi connectivity index (χ2v) is 5.05. The molecule has 0 fully saturated rings. The van der Waals surface area contributed by atoms with Gasteiger partial charge in [0, 0.05) is 10.3 Å². The highest BCUT2D eigenvalue weighted by Crippen LogP contribution is 2.35. The number of hydrogen-bond donors (Lipinski definition) is 0. The van der Waals surface area contributed by atoms with Gasteiger partial charge in [0.15, 0.2) is 0 Å². The van der Waals surface area contributed by atoms with E-state index in [2.05, 4.69) is 20.8 Å². The van der Waals surface area contributed by atoms with Crippen molar-refractivity contribution in [2.24, 2.45) is 0 Å². The van der Waals surface area contributed by atoms with E-state index in [9.17, 15) is 4.39 Å². The van der Waals surface area contributed by atoms with Crippen molar-refractivity contribution in [2.75, 3.05) is 0 Å². The van der Waals surface area contributed by atoms with Gasteiger partial charge in [-0.2, -0.15) is 0 Å². The molecule has 1 aromatic rings. The molecule has 0 radical (unpaired) electrons. The molecular formula is C11H17FS. The average Bonchev–Trinajstić information content (AvgIpc) is 2.33. The smallest absolute Gasteiger partial charge is 0.137 e. The average molecular weight is 200 g/mol.